The molecule has 0 radical (unpaired) electrons. The van der Waals surface area contributed by atoms with Crippen LogP contribution in [0.1, 0.15) is 22.3 Å². The molecule has 11 rings (SSSR count). The van der Waals surface area contributed by atoms with Crippen molar-refractivity contribution in [3.8, 4) is 28.3 Å². The molecule has 0 aliphatic carbocycles. The first-order valence-electron chi connectivity index (χ1n) is 18.7. The van der Waals surface area contributed by atoms with E-state index < -0.39 is 5.41 Å². The van der Waals surface area contributed by atoms with E-state index in [9.17, 15) is 0 Å². The minimum Gasteiger partial charge on any atom is -0.309 e. The molecule has 1 aliphatic heterocycles. The summed E-state index contributed by atoms with van der Waals surface area (Å²) in [5.41, 5.74) is 12.0. The molecule has 258 valence electrons. The highest BCUT2D eigenvalue weighted by molar-refractivity contribution is 7.99. The standard InChI is InChI=1S/C51H33N3S/c1-3-15-34(16-4-1)49-41-20-7-11-23-44(41)52-50(53-49)35-27-30-38(31-28-35)54-45-24-12-8-19-39(45)40-32-29-37(33-46(40)54)51(36-17-5-2-6-18-36)42-21-9-13-25-47(42)55-48-26-14-10-22-43(48)51/h1-33H. The Morgan fingerprint density at radius 2 is 1.02 bits per heavy atom. The summed E-state index contributed by atoms with van der Waals surface area (Å²) in [5.74, 6) is 0.714. The zero-order valence-electron chi connectivity index (χ0n) is 29.8. The molecule has 8 aromatic carbocycles. The number of para-hydroxylation sites is 2. The molecule has 10 aromatic rings. The fourth-order valence-corrected chi connectivity index (χ4v) is 9.93. The number of benzene rings is 8. The van der Waals surface area contributed by atoms with Gasteiger partial charge in [0.25, 0.3) is 0 Å². The van der Waals surface area contributed by atoms with Crippen molar-refractivity contribution < 1.29 is 0 Å². The Kier molecular flexibility index (Phi) is 7.32. The third-order valence-electron chi connectivity index (χ3n) is 11.1. The van der Waals surface area contributed by atoms with Gasteiger partial charge < -0.3 is 4.57 Å². The molecule has 1 aliphatic rings. The van der Waals surface area contributed by atoms with Crippen LogP contribution in [-0.2, 0) is 5.41 Å². The lowest BCUT2D eigenvalue weighted by Crippen LogP contribution is -2.34. The van der Waals surface area contributed by atoms with E-state index in [-0.39, 0.29) is 0 Å². The summed E-state index contributed by atoms with van der Waals surface area (Å²) in [6.07, 6.45) is 0. The highest BCUT2D eigenvalue weighted by Gasteiger charge is 2.44. The third-order valence-corrected chi connectivity index (χ3v) is 12.3. The Hall–Kier alpha value is -6.75. The van der Waals surface area contributed by atoms with Gasteiger partial charge in [0.15, 0.2) is 5.82 Å². The molecule has 0 unspecified atom stereocenters. The quantitative estimate of drug-likeness (QED) is 0.177. The van der Waals surface area contributed by atoms with E-state index in [1.54, 1.807) is 0 Å². The van der Waals surface area contributed by atoms with Crippen molar-refractivity contribution >= 4 is 44.5 Å². The van der Waals surface area contributed by atoms with Crippen molar-refractivity contribution in [3.63, 3.8) is 0 Å². The molecule has 0 bridgehead atoms. The Balaban J connectivity index is 1.12. The fraction of sp³-hybridized carbons (Fsp3) is 0.0196. The SMILES string of the molecule is c1ccc(-c2nc(-c3ccc(-n4c5ccccc5c5ccc(C6(c7ccccc7)c7ccccc7Sc7ccccc76)cc54)cc3)nc3ccccc23)cc1. The molecule has 0 saturated heterocycles. The van der Waals surface area contributed by atoms with E-state index in [4.69, 9.17) is 9.97 Å². The predicted molar refractivity (Wildman–Crippen MR) is 227 cm³/mol. The minimum atomic E-state index is -0.511. The smallest absolute Gasteiger partial charge is 0.160 e. The van der Waals surface area contributed by atoms with Gasteiger partial charge >= 0.3 is 0 Å². The van der Waals surface area contributed by atoms with E-state index in [2.05, 4.69) is 193 Å². The summed E-state index contributed by atoms with van der Waals surface area (Å²) < 4.78 is 2.42. The van der Waals surface area contributed by atoms with Crippen molar-refractivity contribution in [2.24, 2.45) is 0 Å². The van der Waals surface area contributed by atoms with Crippen LogP contribution in [0.2, 0.25) is 0 Å². The molecule has 4 heteroatoms. The maximum atomic E-state index is 5.15. The van der Waals surface area contributed by atoms with Gasteiger partial charge in [0, 0.05) is 42.8 Å². The lowest BCUT2D eigenvalue weighted by atomic mass is 9.64. The first-order valence-corrected chi connectivity index (χ1v) is 19.5. The monoisotopic (exact) mass is 719 g/mol. The van der Waals surface area contributed by atoms with Crippen LogP contribution in [0.15, 0.2) is 210 Å². The van der Waals surface area contributed by atoms with Crippen molar-refractivity contribution in [1.82, 2.24) is 14.5 Å². The lowest BCUT2D eigenvalue weighted by Gasteiger charge is -2.41. The molecule has 55 heavy (non-hydrogen) atoms. The molecule has 3 nitrogen and oxygen atoms in total. The number of hydrogen-bond donors (Lipinski definition) is 0. The van der Waals surface area contributed by atoms with Gasteiger partial charge in [-0.25, -0.2) is 9.97 Å². The Morgan fingerprint density at radius 3 is 1.76 bits per heavy atom. The van der Waals surface area contributed by atoms with Crippen LogP contribution in [0.25, 0.3) is 61.0 Å². The molecule has 3 heterocycles. The zero-order chi connectivity index (χ0) is 36.3. The Labute approximate surface area is 323 Å². The van der Waals surface area contributed by atoms with Gasteiger partial charge in [-0.15, -0.1) is 0 Å². The largest absolute Gasteiger partial charge is 0.309 e. The van der Waals surface area contributed by atoms with Crippen LogP contribution in [0.4, 0.5) is 0 Å². The van der Waals surface area contributed by atoms with Crippen LogP contribution >= 0.6 is 11.8 Å². The van der Waals surface area contributed by atoms with Crippen molar-refractivity contribution in [2.75, 3.05) is 0 Å². The van der Waals surface area contributed by atoms with Crippen LogP contribution < -0.4 is 0 Å². The molecule has 2 aromatic heterocycles. The second kappa shape index (κ2) is 12.7. The van der Waals surface area contributed by atoms with Gasteiger partial charge in [0.1, 0.15) is 0 Å². The summed E-state index contributed by atoms with van der Waals surface area (Å²) >= 11 is 1.87. The number of aromatic nitrogens is 3. The van der Waals surface area contributed by atoms with E-state index >= 15 is 0 Å². The number of fused-ring (bicyclic) bond motifs is 6. The fourth-order valence-electron chi connectivity index (χ4n) is 8.73. The minimum absolute atomic E-state index is 0.511. The second-order valence-corrected chi connectivity index (χ2v) is 15.2. The number of rotatable bonds is 5. The summed E-state index contributed by atoms with van der Waals surface area (Å²) in [6.45, 7) is 0. The summed E-state index contributed by atoms with van der Waals surface area (Å²) in [7, 11) is 0. The molecule has 0 spiro atoms. The first-order chi connectivity index (χ1) is 27.3. The van der Waals surface area contributed by atoms with Crippen LogP contribution in [0.5, 0.6) is 0 Å². The zero-order valence-corrected chi connectivity index (χ0v) is 30.6. The van der Waals surface area contributed by atoms with E-state index in [1.165, 1.54) is 53.9 Å². The summed E-state index contributed by atoms with van der Waals surface area (Å²) in [5, 5.41) is 3.50. The normalized spacial score (nSPS) is 13.2. The molecule has 0 saturated carbocycles. The molecule has 0 N–H and O–H groups in total. The second-order valence-electron chi connectivity index (χ2n) is 14.1. The number of hydrogen-bond acceptors (Lipinski definition) is 3. The Morgan fingerprint density at radius 1 is 0.418 bits per heavy atom. The van der Waals surface area contributed by atoms with E-state index in [1.807, 2.05) is 23.9 Å². The average molecular weight is 720 g/mol. The summed E-state index contributed by atoms with van der Waals surface area (Å²) in [6, 6.07) is 72.2. The molecular formula is C51H33N3S. The predicted octanol–water partition coefficient (Wildman–Crippen LogP) is 12.9. The summed E-state index contributed by atoms with van der Waals surface area (Å²) in [4.78, 5) is 12.8. The van der Waals surface area contributed by atoms with Gasteiger partial charge in [0.05, 0.1) is 27.7 Å². The highest BCUT2D eigenvalue weighted by Crippen LogP contribution is 2.56. The van der Waals surface area contributed by atoms with Gasteiger partial charge in [-0.2, -0.15) is 0 Å². The topological polar surface area (TPSA) is 30.7 Å². The van der Waals surface area contributed by atoms with Gasteiger partial charge in [-0.3, -0.25) is 0 Å². The van der Waals surface area contributed by atoms with Crippen LogP contribution in [-0.4, -0.2) is 14.5 Å². The van der Waals surface area contributed by atoms with Gasteiger partial charge in [0.2, 0.25) is 0 Å². The Bertz CT molecular complexity index is 3010. The maximum Gasteiger partial charge on any atom is 0.160 e. The number of nitrogens with zero attached hydrogens (tertiary/aromatic N) is 3. The van der Waals surface area contributed by atoms with Gasteiger partial charge in [-0.1, -0.05) is 157 Å². The van der Waals surface area contributed by atoms with Crippen molar-refractivity contribution in [1.29, 1.82) is 0 Å². The van der Waals surface area contributed by atoms with E-state index in [0.717, 1.165) is 33.4 Å². The first kappa shape index (κ1) is 31.7. The molecular weight excluding hydrogens is 687 g/mol. The third kappa shape index (κ3) is 4.92. The molecule has 0 atom stereocenters. The van der Waals surface area contributed by atoms with Crippen LogP contribution in [0, 0.1) is 0 Å². The van der Waals surface area contributed by atoms with Crippen molar-refractivity contribution in [3.05, 3.63) is 222 Å². The average Bonchev–Trinajstić information content (AvgIpc) is 3.59. The lowest BCUT2D eigenvalue weighted by molar-refractivity contribution is 0.703. The highest BCUT2D eigenvalue weighted by atomic mass is 32.2. The van der Waals surface area contributed by atoms with Crippen LogP contribution in [0.3, 0.4) is 0 Å². The van der Waals surface area contributed by atoms with E-state index in [0.29, 0.717) is 5.82 Å². The van der Waals surface area contributed by atoms with Gasteiger partial charge in [-0.05, 0) is 76.9 Å². The molecule has 0 amide bonds. The molecule has 0 fully saturated rings. The van der Waals surface area contributed by atoms with Crippen molar-refractivity contribution in [2.45, 2.75) is 15.2 Å². The maximum absolute atomic E-state index is 5.15.